The molecule has 0 saturated heterocycles. The van der Waals surface area contributed by atoms with E-state index in [1.165, 1.54) is 6.26 Å². The van der Waals surface area contributed by atoms with Crippen LogP contribution in [0.5, 0.6) is 0 Å². The molecule has 0 radical (unpaired) electrons. The molecule has 0 fully saturated rings. The summed E-state index contributed by atoms with van der Waals surface area (Å²) in [6.45, 7) is 4.46. The molecule has 0 heterocycles. The number of hydrogen-bond acceptors (Lipinski definition) is 2. The van der Waals surface area contributed by atoms with Crippen LogP contribution in [0.2, 0.25) is 0 Å². The second-order valence-electron chi connectivity index (χ2n) is 3.60. The predicted molar refractivity (Wildman–Crippen MR) is 48.5 cm³/mol. The van der Waals surface area contributed by atoms with Gasteiger partial charge in [-0.1, -0.05) is 26.0 Å². The summed E-state index contributed by atoms with van der Waals surface area (Å²) in [6.07, 6.45) is 7.78. The third kappa shape index (κ3) is 2.38. The lowest BCUT2D eigenvalue weighted by Gasteiger charge is -2.20. The quantitative estimate of drug-likeness (QED) is 0.390. The molecule has 1 rings (SSSR count). The molecule has 0 aromatic heterocycles. The van der Waals surface area contributed by atoms with Crippen LogP contribution in [0.25, 0.3) is 0 Å². The molecule has 1 atom stereocenters. The molecule has 2 heteroatoms. The summed E-state index contributed by atoms with van der Waals surface area (Å²) in [5, 5.41) is 8.18. The van der Waals surface area contributed by atoms with E-state index in [-0.39, 0.29) is 0 Å². The van der Waals surface area contributed by atoms with Gasteiger partial charge in [-0.2, -0.15) is 0 Å². The van der Waals surface area contributed by atoms with Crippen molar-refractivity contribution in [3.05, 3.63) is 24.0 Å². The van der Waals surface area contributed by atoms with E-state index in [1.54, 1.807) is 0 Å². The lowest BCUT2D eigenvalue weighted by atomic mass is 9.85. The van der Waals surface area contributed by atoms with Crippen molar-refractivity contribution < 1.29 is 10.1 Å². The molecule has 0 aromatic rings. The monoisotopic (exact) mass is 168 g/mol. The molecule has 12 heavy (non-hydrogen) atoms. The molecule has 0 saturated carbocycles. The molecule has 0 aromatic carbocycles. The van der Waals surface area contributed by atoms with Crippen LogP contribution in [0.4, 0.5) is 0 Å². The van der Waals surface area contributed by atoms with Crippen LogP contribution in [-0.4, -0.2) is 5.26 Å². The molecule has 0 aliphatic heterocycles. The van der Waals surface area contributed by atoms with Crippen molar-refractivity contribution in [2.24, 2.45) is 11.8 Å². The summed E-state index contributed by atoms with van der Waals surface area (Å²) in [7, 11) is 0. The third-order valence-corrected chi connectivity index (χ3v) is 2.38. The van der Waals surface area contributed by atoms with Crippen LogP contribution >= 0.6 is 0 Å². The van der Waals surface area contributed by atoms with E-state index in [1.807, 2.05) is 6.08 Å². The zero-order valence-electron chi connectivity index (χ0n) is 7.66. The highest BCUT2D eigenvalue weighted by Gasteiger charge is 2.14. The van der Waals surface area contributed by atoms with Gasteiger partial charge in [0.1, 0.15) is 6.26 Å². The zero-order chi connectivity index (χ0) is 8.97. The minimum atomic E-state index is 0.681. The topological polar surface area (TPSA) is 29.5 Å². The first-order valence-corrected chi connectivity index (χ1v) is 4.41. The average molecular weight is 168 g/mol. The van der Waals surface area contributed by atoms with Gasteiger partial charge in [0.2, 0.25) is 0 Å². The highest BCUT2D eigenvalue weighted by atomic mass is 17.1. The number of hydrogen-bond donors (Lipinski definition) is 1. The van der Waals surface area contributed by atoms with Gasteiger partial charge < -0.3 is 4.89 Å². The summed E-state index contributed by atoms with van der Waals surface area (Å²) in [5.74, 6) is 1.39. The fourth-order valence-corrected chi connectivity index (χ4v) is 1.48. The summed E-state index contributed by atoms with van der Waals surface area (Å²) in [4.78, 5) is 3.96. The molecule has 1 aliphatic carbocycles. The van der Waals surface area contributed by atoms with Gasteiger partial charge in [-0.3, -0.25) is 0 Å². The fourth-order valence-electron chi connectivity index (χ4n) is 1.48. The van der Waals surface area contributed by atoms with E-state index >= 15 is 0 Å². The van der Waals surface area contributed by atoms with E-state index in [0.717, 1.165) is 18.4 Å². The average Bonchev–Trinajstić information content (AvgIpc) is 2.06. The summed E-state index contributed by atoms with van der Waals surface area (Å²) in [5.41, 5.74) is 1.06. The number of rotatable bonds is 2. The van der Waals surface area contributed by atoms with Gasteiger partial charge in [0.25, 0.3) is 0 Å². The van der Waals surface area contributed by atoms with Gasteiger partial charge in [0.05, 0.1) is 0 Å². The lowest BCUT2D eigenvalue weighted by molar-refractivity contribution is -0.187. The second-order valence-corrected chi connectivity index (χ2v) is 3.60. The Bertz CT molecular complexity index is 192. The molecule has 0 spiro atoms. The van der Waals surface area contributed by atoms with Gasteiger partial charge in [0, 0.05) is 0 Å². The molecule has 1 aliphatic rings. The Morgan fingerprint density at radius 2 is 2.42 bits per heavy atom. The SMILES string of the molecule is CC(C)C1C=C/C(=C/OO)CC1. The van der Waals surface area contributed by atoms with Crippen molar-refractivity contribution in [3.8, 4) is 0 Å². The van der Waals surface area contributed by atoms with Crippen LogP contribution in [0.3, 0.4) is 0 Å². The van der Waals surface area contributed by atoms with Gasteiger partial charge in [-0.25, -0.2) is 5.26 Å². The van der Waals surface area contributed by atoms with Crippen molar-refractivity contribution in [2.75, 3.05) is 0 Å². The van der Waals surface area contributed by atoms with Gasteiger partial charge in [0.15, 0.2) is 0 Å². The van der Waals surface area contributed by atoms with E-state index in [9.17, 15) is 0 Å². The molecule has 0 amide bonds. The largest absolute Gasteiger partial charge is 0.348 e. The van der Waals surface area contributed by atoms with E-state index in [2.05, 4.69) is 24.8 Å². The smallest absolute Gasteiger partial charge is 0.132 e. The highest BCUT2D eigenvalue weighted by molar-refractivity contribution is 5.20. The summed E-state index contributed by atoms with van der Waals surface area (Å²) in [6, 6.07) is 0. The predicted octanol–water partition coefficient (Wildman–Crippen LogP) is 2.98. The van der Waals surface area contributed by atoms with E-state index in [4.69, 9.17) is 5.26 Å². The molecule has 2 nitrogen and oxygen atoms in total. The fraction of sp³-hybridized carbons (Fsp3) is 0.600. The Hall–Kier alpha value is -0.760. The van der Waals surface area contributed by atoms with Crippen molar-refractivity contribution in [2.45, 2.75) is 26.7 Å². The van der Waals surface area contributed by atoms with Crippen molar-refractivity contribution in [1.82, 2.24) is 0 Å². The van der Waals surface area contributed by atoms with Crippen molar-refractivity contribution in [3.63, 3.8) is 0 Å². The van der Waals surface area contributed by atoms with Gasteiger partial charge in [-0.15, -0.1) is 0 Å². The highest BCUT2D eigenvalue weighted by Crippen LogP contribution is 2.26. The summed E-state index contributed by atoms with van der Waals surface area (Å²) < 4.78 is 0. The number of allylic oxidation sites excluding steroid dienone is 3. The maximum Gasteiger partial charge on any atom is 0.132 e. The Labute approximate surface area is 73.5 Å². The van der Waals surface area contributed by atoms with Gasteiger partial charge >= 0.3 is 0 Å². The van der Waals surface area contributed by atoms with Crippen LogP contribution < -0.4 is 0 Å². The minimum Gasteiger partial charge on any atom is -0.348 e. The van der Waals surface area contributed by atoms with Crippen LogP contribution in [0.1, 0.15) is 26.7 Å². The van der Waals surface area contributed by atoms with Crippen LogP contribution in [0.15, 0.2) is 24.0 Å². The Morgan fingerprint density at radius 1 is 1.67 bits per heavy atom. The lowest BCUT2D eigenvalue weighted by Crippen LogP contribution is -2.09. The third-order valence-electron chi connectivity index (χ3n) is 2.38. The Kier molecular flexibility index (Phi) is 3.35. The maximum atomic E-state index is 8.18. The van der Waals surface area contributed by atoms with Crippen LogP contribution in [0, 0.1) is 11.8 Å². The van der Waals surface area contributed by atoms with Crippen molar-refractivity contribution in [1.29, 1.82) is 0 Å². The standard InChI is InChI=1S/C10H16O2/c1-8(2)10-5-3-9(4-6-10)7-12-11/h3,5,7-8,10-11H,4,6H2,1-2H3/b9-7-. The van der Waals surface area contributed by atoms with Crippen LogP contribution in [-0.2, 0) is 4.89 Å². The normalized spacial score (nSPS) is 26.7. The van der Waals surface area contributed by atoms with Gasteiger partial charge in [-0.05, 0) is 30.3 Å². The maximum absolute atomic E-state index is 8.18. The molecular formula is C10H16O2. The first-order valence-electron chi connectivity index (χ1n) is 4.41. The van der Waals surface area contributed by atoms with Crippen molar-refractivity contribution >= 4 is 0 Å². The first kappa shape index (κ1) is 9.33. The second kappa shape index (κ2) is 4.31. The van der Waals surface area contributed by atoms with E-state index in [0.29, 0.717) is 11.8 Å². The Morgan fingerprint density at radius 3 is 2.83 bits per heavy atom. The first-order chi connectivity index (χ1) is 5.74. The molecule has 0 bridgehead atoms. The molecule has 1 N–H and O–H groups in total. The Balaban J connectivity index is 2.53. The summed E-state index contributed by atoms with van der Waals surface area (Å²) >= 11 is 0. The molecule has 1 unspecified atom stereocenters. The minimum absolute atomic E-state index is 0.681. The zero-order valence-corrected chi connectivity index (χ0v) is 7.66. The molecule has 68 valence electrons. The van der Waals surface area contributed by atoms with E-state index < -0.39 is 0 Å². The molecular weight excluding hydrogens is 152 g/mol.